The van der Waals surface area contributed by atoms with Crippen LogP contribution in [0.1, 0.15) is 69.5 Å². The SMILES string of the molecule is NCC1CCC([C@H](NC(=O)CC2CCCC2)c2ccccn2)CC1. The van der Waals surface area contributed by atoms with E-state index in [0.29, 0.717) is 24.2 Å². The first-order valence-corrected chi connectivity index (χ1v) is 9.66. The zero-order valence-electron chi connectivity index (χ0n) is 14.6. The van der Waals surface area contributed by atoms with Crippen LogP contribution in [0.5, 0.6) is 0 Å². The van der Waals surface area contributed by atoms with E-state index in [1.807, 2.05) is 18.3 Å². The van der Waals surface area contributed by atoms with Gasteiger partial charge in [0, 0.05) is 12.6 Å². The Bertz CT molecular complexity index is 505. The molecule has 0 bridgehead atoms. The predicted octanol–water partition coefficient (Wildman–Crippen LogP) is 3.58. The fourth-order valence-electron chi connectivity index (χ4n) is 4.46. The van der Waals surface area contributed by atoms with E-state index in [1.54, 1.807) is 0 Å². The Morgan fingerprint density at radius 3 is 2.50 bits per heavy atom. The second-order valence-electron chi connectivity index (χ2n) is 7.67. The van der Waals surface area contributed by atoms with Crippen LogP contribution in [0.3, 0.4) is 0 Å². The molecule has 0 aromatic carbocycles. The fraction of sp³-hybridized carbons (Fsp3) is 0.700. The van der Waals surface area contributed by atoms with Gasteiger partial charge in [0.15, 0.2) is 0 Å². The van der Waals surface area contributed by atoms with Crippen molar-refractivity contribution in [3.8, 4) is 0 Å². The highest BCUT2D eigenvalue weighted by molar-refractivity contribution is 5.76. The maximum Gasteiger partial charge on any atom is 0.220 e. The van der Waals surface area contributed by atoms with Gasteiger partial charge in [0.2, 0.25) is 5.91 Å². The summed E-state index contributed by atoms with van der Waals surface area (Å²) >= 11 is 0. The molecule has 1 aromatic heterocycles. The third-order valence-electron chi connectivity index (χ3n) is 5.97. The molecule has 3 N–H and O–H groups in total. The van der Waals surface area contributed by atoms with Crippen LogP contribution in [-0.4, -0.2) is 17.4 Å². The zero-order valence-corrected chi connectivity index (χ0v) is 14.6. The molecular weight excluding hydrogens is 298 g/mol. The van der Waals surface area contributed by atoms with Gasteiger partial charge >= 0.3 is 0 Å². The minimum absolute atomic E-state index is 0.0545. The molecule has 1 heterocycles. The highest BCUT2D eigenvalue weighted by Gasteiger charge is 2.30. The number of hydrogen-bond donors (Lipinski definition) is 2. The van der Waals surface area contributed by atoms with E-state index in [4.69, 9.17) is 5.73 Å². The number of carbonyl (C=O) groups is 1. The Morgan fingerprint density at radius 1 is 1.12 bits per heavy atom. The van der Waals surface area contributed by atoms with Crippen molar-refractivity contribution in [3.63, 3.8) is 0 Å². The topological polar surface area (TPSA) is 68.0 Å². The first-order chi connectivity index (χ1) is 11.8. The molecule has 2 aliphatic carbocycles. The lowest BCUT2D eigenvalue weighted by molar-refractivity contribution is -0.123. The summed E-state index contributed by atoms with van der Waals surface area (Å²) in [5, 5.41) is 3.33. The molecule has 4 nitrogen and oxygen atoms in total. The minimum Gasteiger partial charge on any atom is -0.347 e. The summed E-state index contributed by atoms with van der Waals surface area (Å²) in [6.07, 6.45) is 12.1. The van der Waals surface area contributed by atoms with Gasteiger partial charge in [0.25, 0.3) is 0 Å². The highest BCUT2D eigenvalue weighted by Crippen LogP contribution is 2.36. The number of nitrogens with zero attached hydrogens (tertiary/aromatic N) is 1. The zero-order chi connectivity index (χ0) is 16.8. The van der Waals surface area contributed by atoms with Crippen molar-refractivity contribution in [1.29, 1.82) is 0 Å². The fourth-order valence-corrected chi connectivity index (χ4v) is 4.46. The number of carbonyl (C=O) groups excluding carboxylic acids is 1. The smallest absolute Gasteiger partial charge is 0.220 e. The second kappa shape index (κ2) is 8.61. The number of aromatic nitrogens is 1. The molecule has 4 heteroatoms. The average molecular weight is 329 g/mol. The summed E-state index contributed by atoms with van der Waals surface area (Å²) in [5.74, 6) is 1.93. The van der Waals surface area contributed by atoms with Crippen LogP contribution in [0, 0.1) is 17.8 Å². The number of nitrogens with two attached hydrogens (primary N) is 1. The van der Waals surface area contributed by atoms with Crippen molar-refractivity contribution in [2.24, 2.45) is 23.5 Å². The Kier molecular flexibility index (Phi) is 6.24. The summed E-state index contributed by atoms with van der Waals surface area (Å²) in [7, 11) is 0. The average Bonchev–Trinajstić information content (AvgIpc) is 3.13. The molecule has 24 heavy (non-hydrogen) atoms. The molecule has 2 aliphatic rings. The minimum atomic E-state index is 0.0545. The number of amides is 1. The molecule has 3 rings (SSSR count). The van der Waals surface area contributed by atoms with E-state index in [9.17, 15) is 4.79 Å². The number of pyridine rings is 1. The van der Waals surface area contributed by atoms with Crippen LogP contribution in [0.4, 0.5) is 0 Å². The van der Waals surface area contributed by atoms with E-state index in [0.717, 1.165) is 25.1 Å². The summed E-state index contributed by atoms with van der Waals surface area (Å²) < 4.78 is 0. The van der Waals surface area contributed by atoms with Crippen molar-refractivity contribution in [1.82, 2.24) is 10.3 Å². The Morgan fingerprint density at radius 2 is 1.88 bits per heavy atom. The van der Waals surface area contributed by atoms with Gasteiger partial charge in [-0.3, -0.25) is 9.78 Å². The molecule has 1 atom stereocenters. The Balaban J connectivity index is 1.65. The molecule has 0 radical (unpaired) electrons. The summed E-state index contributed by atoms with van der Waals surface area (Å²) in [6.45, 7) is 0.787. The van der Waals surface area contributed by atoms with Gasteiger partial charge in [-0.15, -0.1) is 0 Å². The third kappa shape index (κ3) is 4.56. The van der Waals surface area contributed by atoms with Gasteiger partial charge < -0.3 is 11.1 Å². The van der Waals surface area contributed by atoms with E-state index >= 15 is 0 Å². The van der Waals surface area contributed by atoms with Crippen LogP contribution in [-0.2, 0) is 4.79 Å². The van der Waals surface area contributed by atoms with Crippen LogP contribution >= 0.6 is 0 Å². The largest absolute Gasteiger partial charge is 0.347 e. The number of nitrogens with one attached hydrogen (secondary N) is 1. The molecular formula is C20H31N3O. The molecule has 0 aliphatic heterocycles. The van der Waals surface area contributed by atoms with Crippen molar-refractivity contribution < 1.29 is 4.79 Å². The standard InChI is InChI=1S/C20H31N3O/c21-14-16-8-10-17(11-9-16)20(18-7-3-4-12-22-18)23-19(24)13-15-5-1-2-6-15/h3-4,7,12,15-17,20H,1-2,5-6,8-11,13-14,21H2,(H,23,24)/t16?,17?,20-/m0/s1. The predicted molar refractivity (Wildman–Crippen MR) is 96.2 cm³/mol. The lowest BCUT2D eigenvalue weighted by Crippen LogP contribution is -2.37. The van der Waals surface area contributed by atoms with E-state index in [-0.39, 0.29) is 11.9 Å². The number of rotatable bonds is 6. The first kappa shape index (κ1) is 17.4. The van der Waals surface area contributed by atoms with Gasteiger partial charge in [0.1, 0.15) is 0 Å². The molecule has 0 unspecified atom stereocenters. The summed E-state index contributed by atoms with van der Waals surface area (Å²) in [6, 6.07) is 6.06. The Hall–Kier alpha value is -1.42. The quantitative estimate of drug-likeness (QED) is 0.838. The highest BCUT2D eigenvalue weighted by atomic mass is 16.1. The van der Waals surface area contributed by atoms with E-state index < -0.39 is 0 Å². The third-order valence-corrected chi connectivity index (χ3v) is 5.97. The van der Waals surface area contributed by atoms with E-state index in [2.05, 4.69) is 16.4 Å². The lowest BCUT2D eigenvalue weighted by atomic mass is 9.77. The second-order valence-corrected chi connectivity index (χ2v) is 7.67. The van der Waals surface area contributed by atoms with Crippen molar-refractivity contribution in [2.75, 3.05) is 6.54 Å². The molecule has 2 fully saturated rings. The molecule has 0 spiro atoms. The molecule has 1 aromatic rings. The molecule has 1 amide bonds. The molecule has 2 saturated carbocycles. The normalized spacial score (nSPS) is 26.2. The van der Waals surface area contributed by atoms with Crippen molar-refractivity contribution >= 4 is 5.91 Å². The van der Waals surface area contributed by atoms with Crippen molar-refractivity contribution in [2.45, 2.75) is 63.8 Å². The van der Waals surface area contributed by atoms with Crippen LogP contribution in [0.2, 0.25) is 0 Å². The molecule has 0 saturated heterocycles. The number of hydrogen-bond acceptors (Lipinski definition) is 3. The van der Waals surface area contributed by atoms with Crippen LogP contribution in [0.25, 0.3) is 0 Å². The van der Waals surface area contributed by atoms with Gasteiger partial charge in [0.05, 0.1) is 11.7 Å². The van der Waals surface area contributed by atoms with Gasteiger partial charge in [-0.05, 0) is 75.0 Å². The van der Waals surface area contributed by atoms with Gasteiger partial charge in [-0.1, -0.05) is 18.9 Å². The van der Waals surface area contributed by atoms with Crippen molar-refractivity contribution in [3.05, 3.63) is 30.1 Å². The summed E-state index contributed by atoms with van der Waals surface area (Å²) in [4.78, 5) is 17.1. The Labute approximate surface area is 145 Å². The maximum absolute atomic E-state index is 12.6. The monoisotopic (exact) mass is 329 g/mol. The molecule has 132 valence electrons. The summed E-state index contributed by atoms with van der Waals surface area (Å²) in [5.41, 5.74) is 6.83. The van der Waals surface area contributed by atoms with Crippen LogP contribution in [0.15, 0.2) is 24.4 Å². The van der Waals surface area contributed by atoms with Gasteiger partial charge in [-0.25, -0.2) is 0 Å². The first-order valence-electron chi connectivity index (χ1n) is 9.66. The lowest BCUT2D eigenvalue weighted by Gasteiger charge is -2.34. The van der Waals surface area contributed by atoms with Crippen LogP contribution < -0.4 is 11.1 Å². The maximum atomic E-state index is 12.6. The van der Waals surface area contributed by atoms with Gasteiger partial charge in [-0.2, -0.15) is 0 Å². The van der Waals surface area contributed by atoms with E-state index in [1.165, 1.54) is 38.5 Å².